The predicted molar refractivity (Wildman–Crippen MR) is 135 cm³/mol. The number of nitrogens with zero attached hydrogens (tertiary/aromatic N) is 6. The van der Waals surface area contributed by atoms with E-state index in [1.54, 1.807) is 22.3 Å². The molecule has 5 aromatic rings. The molecule has 1 aliphatic rings. The van der Waals surface area contributed by atoms with Crippen LogP contribution in [-0.4, -0.2) is 56.7 Å². The number of fused-ring (bicyclic) bond motifs is 1. The summed E-state index contributed by atoms with van der Waals surface area (Å²) >= 11 is 1.62. The SMILES string of the molecule is O=C(c1cn(-c2ccccc2)nc1-c1ccccc1)N1CCN(c2ncnc3sccc23)CC1. The molecule has 0 radical (unpaired) electrons. The van der Waals surface area contributed by atoms with E-state index in [1.807, 2.05) is 77.1 Å². The van der Waals surface area contributed by atoms with Crippen LogP contribution in [0.4, 0.5) is 5.82 Å². The zero-order valence-electron chi connectivity index (χ0n) is 18.4. The lowest BCUT2D eigenvalue weighted by Crippen LogP contribution is -2.49. The van der Waals surface area contributed by atoms with Crippen LogP contribution >= 0.6 is 11.3 Å². The number of piperazine rings is 1. The number of amides is 1. The lowest BCUT2D eigenvalue weighted by Gasteiger charge is -2.35. The van der Waals surface area contributed by atoms with Gasteiger partial charge in [0, 0.05) is 37.9 Å². The molecule has 0 spiro atoms. The van der Waals surface area contributed by atoms with Gasteiger partial charge in [0.15, 0.2) is 0 Å². The highest BCUT2D eigenvalue weighted by Crippen LogP contribution is 2.29. The lowest BCUT2D eigenvalue weighted by atomic mass is 10.1. The Hall–Kier alpha value is -4.04. The molecule has 0 bridgehead atoms. The van der Waals surface area contributed by atoms with Gasteiger partial charge in [0.25, 0.3) is 5.91 Å². The molecule has 1 amide bonds. The number of aromatic nitrogens is 4. The second kappa shape index (κ2) is 8.72. The molecule has 4 heterocycles. The monoisotopic (exact) mass is 466 g/mol. The molecule has 0 aliphatic carbocycles. The molecule has 0 unspecified atom stereocenters. The fourth-order valence-electron chi connectivity index (χ4n) is 4.37. The Morgan fingerprint density at radius 1 is 0.853 bits per heavy atom. The maximum atomic E-state index is 13.7. The third-order valence-electron chi connectivity index (χ3n) is 6.12. The maximum Gasteiger partial charge on any atom is 0.257 e. The van der Waals surface area contributed by atoms with Crippen LogP contribution in [0.5, 0.6) is 0 Å². The van der Waals surface area contributed by atoms with E-state index in [4.69, 9.17) is 5.10 Å². The highest BCUT2D eigenvalue weighted by atomic mass is 32.1. The van der Waals surface area contributed by atoms with Gasteiger partial charge in [-0.15, -0.1) is 11.3 Å². The Morgan fingerprint density at radius 2 is 1.59 bits per heavy atom. The molecule has 2 aromatic carbocycles. The Kier molecular flexibility index (Phi) is 5.27. The topological polar surface area (TPSA) is 67.2 Å². The van der Waals surface area contributed by atoms with Crippen molar-refractivity contribution in [2.24, 2.45) is 0 Å². The average Bonchev–Trinajstić information content (AvgIpc) is 3.57. The van der Waals surface area contributed by atoms with E-state index >= 15 is 0 Å². The molecule has 1 saturated heterocycles. The van der Waals surface area contributed by atoms with Crippen LogP contribution in [0.15, 0.2) is 84.6 Å². The minimum absolute atomic E-state index is 0.00375. The molecule has 1 aliphatic heterocycles. The molecule has 7 nitrogen and oxygen atoms in total. The van der Waals surface area contributed by atoms with Crippen molar-refractivity contribution in [2.75, 3.05) is 31.1 Å². The van der Waals surface area contributed by atoms with Gasteiger partial charge in [0.05, 0.1) is 16.6 Å². The maximum absolute atomic E-state index is 13.7. The largest absolute Gasteiger partial charge is 0.352 e. The van der Waals surface area contributed by atoms with Gasteiger partial charge in [-0.1, -0.05) is 48.5 Å². The van der Waals surface area contributed by atoms with Crippen molar-refractivity contribution in [3.63, 3.8) is 0 Å². The Bertz CT molecular complexity index is 1440. The van der Waals surface area contributed by atoms with Crippen molar-refractivity contribution in [1.82, 2.24) is 24.6 Å². The Labute approximate surface area is 200 Å². The van der Waals surface area contributed by atoms with Gasteiger partial charge in [-0.25, -0.2) is 14.6 Å². The smallest absolute Gasteiger partial charge is 0.257 e. The van der Waals surface area contributed by atoms with Gasteiger partial charge in [-0.2, -0.15) is 5.10 Å². The summed E-state index contributed by atoms with van der Waals surface area (Å²) in [5.74, 6) is 0.948. The molecule has 0 atom stereocenters. The van der Waals surface area contributed by atoms with E-state index < -0.39 is 0 Å². The van der Waals surface area contributed by atoms with E-state index in [-0.39, 0.29) is 5.91 Å². The second-order valence-corrected chi connectivity index (χ2v) is 9.05. The van der Waals surface area contributed by atoms with E-state index in [2.05, 4.69) is 20.9 Å². The van der Waals surface area contributed by atoms with Crippen molar-refractivity contribution < 1.29 is 4.79 Å². The summed E-state index contributed by atoms with van der Waals surface area (Å²) in [5, 5.41) is 7.91. The van der Waals surface area contributed by atoms with Gasteiger partial charge >= 0.3 is 0 Å². The van der Waals surface area contributed by atoms with Gasteiger partial charge in [0.2, 0.25) is 0 Å². The van der Waals surface area contributed by atoms with E-state index in [0.717, 1.165) is 40.4 Å². The van der Waals surface area contributed by atoms with Crippen molar-refractivity contribution in [3.8, 4) is 16.9 Å². The molecular weight excluding hydrogens is 444 g/mol. The normalized spacial score (nSPS) is 14.0. The summed E-state index contributed by atoms with van der Waals surface area (Å²) in [6, 6.07) is 21.8. The first kappa shape index (κ1) is 20.6. The summed E-state index contributed by atoms with van der Waals surface area (Å²) in [4.78, 5) is 27.7. The Balaban J connectivity index is 1.28. The van der Waals surface area contributed by atoms with Crippen molar-refractivity contribution in [3.05, 3.63) is 90.2 Å². The molecule has 0 N–H and O–H groups in total. The van der Waals surface area contributed by atoms with E-state index in [1.165, 1.54) is 0 Å². The zero-order valence-corrected chi connectivity index (χ0v) is 19.2. The van der Waals surface area contributed by atoms with Crippen LogP contribution in [0.3, 0.4) is 0 Å². The number of hydrogen-bond acceptors (Lipinski definition) is 6. The third kappa shape index (κ3) is 3.72. The quantitative estimate of drug-likeness (QED) is 0.390. The first-order valence-electron chi connectivity index (χ1n) is 11.2. The van der Waals surface area contributed by atoms with Gasteiger partial charge < -0.3 is 9.80 Å². The number of para-hydroxylation sites is 1. The number of thiophene rings is 1. The number of carbonyl (C=O) groups excluding carboxylic acids is 1. The molecule has 6 rings (SSSR count). The first-order valence-corrected chi connectivity index (χ1v) is 12.1. The van der Waals surface area contributed by atoms with Crippen molar-refractivity contribution in [1.29, 1.82) is 0 Å². The van der Waals surface area contributed by atoms with Crippen LogP contribution in [0.25, 0.3) is 27.2 Å². The van der Waals surface area contributed by atoms with Crippen LogP contribution < -0.4 is 4.90 Å². The van der Waals surface area contributed by atoms with Gasteiger partial charge in [-0.05, 0) is 23.6 Å². The van der Waals surface area contributed by atoms with Crippen molar-refractivity contribution in [2.45, 2.75) is 0 Å². The third-order valence-corrected chi connectivity index (χ3v) is 6.94. The summed E-state index contributed by atoms with van der Waals surface area (Å²) in [6.45, 7) is 2.70. The summed E-state index contributed by atoms with van der Waals surface area (Å²) in [7, 11) is 0. The number of carbonyl (C=O) groups is 1. The fourth-order valence-corrected chi connectivity index (χ4v) is 5.10. The number of benzene rings is 2. The summed E-state index contributed by atoms with van der Waals surface area (Å²) in [6.07, 6.45) is 3.47. The highest BCUT2D eigenvalue weighted by Gasteiger charge is 2.27. The summed E-state index contributed by atoms with van der Waals surface area (Å²) in [5.41, 5.74) is 3.17. The van der Waals surface area contributed by atoms with Crippen LogP contribution in [0, 0.1) is 0 Å². The molecular formula is C26H22N6OS. The molecule has 34 heavy (non-hydrogen) atoms. The fraction of sp³-hybridized carbons (Fsp3) is 0.154. The molecule has 168 valence electrons. The molecule has 8 heteroatoms. The van der Waals surface area contributed by atoms with Gasteiger partial charge in [-0.3, -0.25) is 4.79 Å². The standard InChI is InChI=1S/C26H22N6OS/c33-26(31-14-12-30(13-15-31)24-21-11-16-34-25(21)28-18-27-24)22-17-32(20-9-5-2-6-10-20)29-23(22)19-7-3-1-4-8-19/h1-11,16-18H,12-15H2. The van der Waals surface area contributed by atoms with Crippen LogP contribution in [0.2, 0.25) is 0 Å². The molecule has 0 saturated carbocycles. The lowest BCUT2D eigenvalue weighted by molar-refractivity contribution is 0.0747. The molecule has 3 aromatic heterocycles. The summed E-state index contributed by atoms with van der Waals surface area (Å²) < 4.78 is 1.79. The van der Waals surface area contributed by atoms with E-state index in [9.17, 15) is 4.79 Å². The number of rotatable bonds is 4. The second-order valence-electron chi connectivity index (χ2n) is 8.15. The number of anilines is 1. The van der Waals surface area contributed by atoms with Crippen LogP contribution in [0.1, 0.15) is 10.4 Å². The average molecular weight is 467 g/mol. The van der Waals surface area contributed by atoms with Crippen LogP contribution in [-0.2, 0) is 0 Å². The first-order chi connectivity index (χ1) is 16.8. The number of hydrogen-bond donors (Lipinski definition) is 0. The van der Waals surface area contributed by atoms with Crippen molar-refractivity contribution >= 4 is 33.3 Å². The molecule has 1 fully saturated rings. The zero-order chi connectivity index (χ0) is 22.9. The van der Waals surface area contributed by atoms with E-state index in [0.29, 0.717) is 24.3 Å². The predicted octanol–water partition coefficient (Wildman–Crippen LogP) is 4.51. The van der Waals surface area contributed by atoms with Gasteiger partial charge in [0.1, 0.15) is 22.7 Å². The Morgan fingerprint density at radius 3 is 2.35 bits per heavy atom. The highest BCUT2D eigenvalue weighted by molar-refractivity contribution is 7.16. The minimum Gasteiger partial charge on any atom is -0.352 e. The minimum atomic E-state index is 0.00375.